The van der Waals surface area contributed by atoms with Gasteiger partial charge in [0.1, 0.15) is 5.82 Å². The maximum atomic E-state index is 5.90. The van der Waals surface area contributed by atoms with Crippen LogP contribution in [0, 0.1) is 0 Å². The number of halogens is 1. The topological polar surface area (TPSA) is 29.0 Å². The molecule has 1 aliphatic rings. The molecule has 0 N–H and O–H groups in total. The molecule has 0 atom stereocenters. The SMILES string of the molecule is CN1CCC(c2ncc(-c3ccc(Cl)cc3)cn2)CC1. The summed E-state index contributed by atoms with van der Waals surface area (Å²) in [7, 11) is 2.17. The zero-order valence-corrected chi connectivity index (χ0v) is 12.3. The molecule has 0 unspecified atom stereocenters. The highest BCUT2D eigenvalue weighted by Gasteiger charge is 2.20. The van der Waals surface area contributed by atoms with Gasteiger partial charge in [0.15, 0.2) is 0 Å². The third kappa shape index (κ3) is 3.00. The van der Waals surface area contributed by atoms with Crippen LogP contribution < -0.4 is 0 Å². The molecule has 1 aromatic heterocycles. The summed E-state index contributed by atoms with van der Waals surface area (Å²) in [4.78, 5) is 11.5. The van der Waals surface area contributed by atoms with Crippen LogP contribution in [0.2, 0.25) is 5.02 Å². The molecule has 1 aromatic carbocycles. The van der Waals surface area contributed by atoms with Crippen molar-refractivity contribution in [2.45, 2.75) is 18.8 Å². The van der Waals surface area contributed by atoms with E-state index in [1.165, 1.54) is 0 Å². The molecule has 0 bridgehead atoms. The number of aromatic nitrogens is 2. The van der Waals surface area contributed by atoms with E-state index in [0.717, 1.165) is 47.9 Å². The number of hydrogen-bond donors (Lipinski definition) is 0. The molecule has 20 heavy (non-hydrogen) atoms. The van der Waals surface area contributed by atoms with Crippen molar-refractivity contribution in [1.82, 2.24) is 14.9 Å². The summed E-state index contributed by atoms with van der Waals surface area (Å²) in [6.07, 6.45) is 6.14. The van der Waals surface area contributed by atoms with E-state index < -0.39 is 0 Å². The zero-order chi connectivity index (χ0) is 13.9. The first kappa shape index (κ1) is 13.5. The van der Waals surface area contributed by atoms with Gasteiger partial charge in [-0.05, 0) is 50.7 Å². The fourth-order valence-electron chi connectivity index (χ4n) is 2.61. The Kier molecular flexibility index (Phi) is 3.99. The molecule has 2 aromatic rings. The van der Waals surface area contributed by atoms with E-state index in [4.69, 9.17) is 11.6 Å². The van der Waals surface area contributed by atoms with Gasteiger partial charge < -0.3 is 4.90 Å². The molecule has 3 rings (SSSR count). The number of likely N-dealkylation sites (tertiary alicyclic amines) is 1. The van der Waals surface area contributed by atoms with Crippen molar-refractivity contribution < 1.29 is 0 Å². The summed E-state index contributed by atoms with van der Waals surface area (Å²) in [6, 6.07) is 7.77. The van der Waals surface area contributed by atoms with Crippen molar-refractivity contribution in [3.63, 3.8) is 0 Å². The lowest BCUT2D eigenvalue weighted by atomic mass is 9.96. The molecule has 104 valence electrons. The lowest BCUT2D eigenvalue weighted by Crippen LogP contribution is -2.29. The third-order valence-electron chi connectivity index (χ3n) is 3.93. The van der Waals surface area contributed by atoms with E-state index in [2.05, 4.69) is 21.9 Å². The van der Waals surface area contributed by atoms with E-state index in [-0.39, 0.29) is 0 Å². The second-order valence-electron chi connectivity index (χ2n) is 5.41. The predicted octanol–water partition coefficient (Wildman–Crippen LogP) is 3.61. The summed E-state index contributed by atoms with van der Waals surface area (Å²) in [6.45, 7) is 2.26. The molecule has 0 spiro atoms. The predicted molar refractivity (Wildman–Crippen MR) is 82.0 cm³/mol. The van der Waals surface area contributed by atoms with E-state index in [1.54, 1.807) is 0 Å². The molecule has 4 heteroatoms. The average Bonchev–Trinajstić information content (AvgIpc) is 2.49. The van der Waals surface area contributed by atoms with Crippen molar-refractivity contribution >= 4 is 11.6 Å². The molecule has 0 amide bonds. The standard InChI is InChI=1S/C16H18ClN3/c1-20-8-6-13(7-9-20)16-18-10-14(11-19-16)12-2-4-15(17)5-3-12/h2-5,10-11,13H,6-9H2,1H3. The summed E-state index contributed by atoms with van der Waals surface area (Å²) >= 11 is 5.90. The van der Waals surface area contributed by atoms with Crippen LogP contribution in [0.15, 0.2) is 36.7 Å². The molecule has 0 aliphatic carbocycles. The van der Waals surface area contributed by atoms with Crippen LogP contribution in [-0.4, -0.2) is 35.0 Å². The van der Waals surface area contributed by atoms with E-state index >= 15 is 0 Å². The molecular formula is C16H18ClN3. The van der Waals surface area contributed by atoms with Gasteiger partial charge in [-0.2, -0.15) is 0 Å². The number of rotatable bonds is 2. The van der Waals surface area contributed by atoms with Crippen molar-refractivity contribution in [1.29, 1.82) is 0 Å². The van der Waals surface area contributed by atoms with Crippen molar-refractivity contribution in [2.75, 3.05) is 20.1 Å². The maximum absolute atomic E-state index is 5.90. The van der Waals surface area contributed by atoms with E-state index in [9.17, 15) is 0 Å². The Bertz CT molecular complexity index is 557. The van der Waals surface area contributed by atoms with Crippen LogP contribution in [0.25, 0.3) is 11.1 Å². The highest BCUT2D eigenvalue weighted by Crippen LogP contribution is 2.26. The normalized spacial score (nSPS) is 17.3. The molecule has 0 saturated carbocycles. The zero-order valence-electron chi connectivity index (χ0n) is 11.6. The van der Waals surface area contributed by atoms with Crippen LogP contribution in [-0.2, 0) is 0 Å². The van der Waals surface area contributed by atoms with Crippen LogP contribution in [0.4, 0.5) is 0 Å². The molecule has 3 nitrogen and oxygen atoms in total. The maximum Gasteiger partial charge on any atom is 0.131 e. The molecular weight excluding hydrogens is 270 g/mol. The van der Waals surface area contributed by atoms with Gasteiger partial charge in [0.05, 0.1) is 0 Å². The molecule has 1 aliphatic heterocycles. The monoisotopic (exact) mass is 287 g/mol. The Balaban J connectivity index is 1.76. The first-order valence-corrected chi connectivity index (χ1v) is 7.36. The first-order valence-electron chi connectivity index (χ1n) is 6.99. The quantitative estimate of drug-likeness (QED) is 0.845. The minimum absolute atomic E-state index is 0.505. The van der Waals surface area contributed by atoms with Gasteiger partial charge >= 0.3 is 0 Å². The second kappa shape index (κ2) is 5.90. The number of nitrogens with zero attached hydrogens (tertiary/aromatic N) is 3. The lowest BCUT2D eigenvalue weighted by Gasteiger charge is -2.27. The Morgan fingerprint density at radius 3 is 2.20 bits per heavy atom. The van der Waals surface area contributed by atoms with E-state index in [1.807, 2.05) is 36.7 Å². The van der Waals surface area contributed by atoms with Crippen molar-refractivity contribution in [3.8, 4) is 11.1 Å². The van der Waals surface area contributed by atoms with Gasteiger partial charge in [-0.3, -0.25) is 0 Å². The summed E-state index contributed by atoms with van der Waals surface area (Å²) in [5.41, 5.74) is 2.14. The molecule has 2 heterocycles. The van der Waals surface area contributed by atoms with Crippen LogP contribution in [0.1, 0.15) is 24.6 Å². The fourth-order valence-corrected chi connectivity index (χ4v) is 2.73. The fraction of sp³-hybridized carbons (Fsp3) is 0.375. The van der Waals surface area contributed by atoms with Crippen LogP contribution in [0.3, 0.4) is 0 Å². The largest absolute Gasteiger partial charge is 0.306 e. The van der Waals surface area contributed by atoms with Crippen molar-refractivity contribution in [2.24, 2.45) is 0 Å². The van der Waals surface area contributed by atoms with Crippen LogP contribution in [0.5, 0.6) is 0 Å². The van der Waals surface area contributed by atoms with Crippen LogP contribution >= 0.6 is 11.6 Å². The number of piperidine rings is 1. The highest BCUT2D eigenvalue weighted by atomic mass is 35.5. The van der Waals surface area contributed by atoms with Gasteiger partial charge in [-0.25, -0.2) is 9.97 Å². The summed E-state index contributed by atoms with van der Waals surface area (Å²) in [5.74, 6) is 1.49. The minimum Gasteiger partial charge on any atom is -0.306 e. The van der Waals surface area contributed by atoms with Gasteiger partial charge in [0, 0.05) is 28.9 Å². The highest BCUT2D eigenvalue weighted by molar-refractivity contribution is 6.30. The van der Waals surface area contributed by atoms with Gasteiger partial charge in [-0.1, -0.05) is 23.7 Å². The average molecular weight is 288 g/mol. The smallest absolute Gasteiger partial charge is 0.131 e. The Hall–Kier alpha value is -1.45. The summed E-state index contributed by atoms with van der Waals surface area (Å²) < 4.78 is 0. The minimum atomic E-state index is 0.505. The number of benzene rings is 1. The van der Waals surface area contributed by atoms with Gasteiger partial charge in [0.25, 0.3) is 0 Å². The van der Waals surface area contributed by atoms with Gasteiger partial charge in [0.2, 0.25) is 0 Å². The third-order valence-corrected chi connectivity index (χ3v) is 4.19. The number of hydrogen-bond acceptors (Lipinski definition) is 3. The van der Waals surface area contributed by atoms with E-state index in [0.29, 0.717) is 5.92 Å². The Morgan fingerprint density at radius 1 is 1.00 bits per heavy atom. The van der Waals surface area contributed by atoms with Gasteiger partial charge in [-0.15, -0.1) is 0 Å². The Morgan fingerprint density at radius 2 is 1.60 bits per heavy atom. The Labute approximate surface area is 124 Å². The molecule has 1 fully saturated rings. The molecule has 0 radical (unpaired) electrons. The first-order chi connectivity index (χ1) is 9.72. The van der Waals surface area contributed by atoms with Crippen molar-refractivity contribution in [3.05, 3.63) is 47.5 Å². The molecule has 1 saturated heterocycles. The summed E-state index contributed by atoms with van der Waals surface area (Å²) in [5, 5.41) is 0.748. The lowest BCUT2D eigenvalue weighted by molar-refractivity contribution is 0.251. The second-order valence-corrected chi connectivity index (χ2v) is 5.85.